The molecule has 1 aromatic rings. The quantitative estimate of drug-likeness (QED) is 0.763. The van der Waals surface area contributed by atoms with E-state index in [1.54, 1.807) is 6.07 Å². The number of phenolic OH excluding ortho intramolecular Hbond substituents is 1. The Morgan fingerprint density at radius 2 is 2.21 bits per heavy atom. The van der Waals surface area contributed by atoms with Gasteiger partial charge in [-0.15, -0.1) is 0 Å². The Labute approximate surface area is 90.4 Å². The van der Waals surface area contributed by atoms with E-state index >= 15 is 0 Å². The number of aromatic hydroxyl groups is 1. The number of hydrogen-bond donors (Lipinski definition) is 3. The van der Waals surface area contributed by atoms with Crippen LogP contribution in [-0.2, 0) is 0 Å². The molecule has 0 heterocycles. The zero-order chi connectivity index (χ0) is 10.7. The molecule has 0 saturated heterocycles. The fourth-order valence-electron chi connectivity index (χ4n) is 1.10. The van der Waals surface area contributed by atoms with Gasteiger partial charge in [0, 0.05) is 4.47 Å². The van der Waals surface area contributed by atoms with Crippen molar-refractivity contribution in [3.8, 4) is 11.5 Å². The van der Waals surface area contributed by atoms with Gasteiger partial charge in [0.15, 0.2) is 11.5 Å². The van der Waals surface area contributed by atoms with Crippen LogP contribution >= 0.6 is 15.9 Å². The molecule has 4 N–H and O–H groups in total. The highest BCUT2D eigenvalue weighted by Gasteiger charge is 2.13. The molecule has 0 aliphatic rings. The summed E-state index contributed by atoms with van der Waals surface area (Å²) < 4.78 is 5.58. The molecular formula is C9H12BrNO3. The molecule has 14 heavy (non-hydrogen) atoms. The van der Waals surface area contributed by atoms with Gasteiger partial charge in [-0.25, -0.2) is 0 Å². The smallest absolute Gasteiger partial charge is 0.160 e. The molecule has 0 amide bonds. The minimum atomic E-state index is -0.487. The normalized spacial score (nSPS) is 12.6. The van der Waals surface area contributed by atoms with E-state index in [1.807, 2.05) is 0 Å². The maximum Gasteiger partial charge on any atom is 0.160 e. The average molecular weight is 262 g/mol. The molecule has 4 nitrogen and oxygen atoms in total. The first-order valence-electron chi connectivity index (χ1n) is 4.03. The SMILES string of the molecule is COc1cc([C@@H](N)CO)c(Br)cc1O. The van der Waals surface area contributed by atoms with Crippen LogP contribution in [0.15, 0.2) is 16.6 Å². The Bertz CT molecular complexity index is 330. The number of nitrogens with two attached hydrogens (primary N) is 1. The van der Waals surface area contributed by atoms with E-state index in [4.69, 9.17) is 15.6 Å². The first-order chi connectivity index (χ1) is 6.60. The molecule has 0 aliphatic heterocycles. The predicted molar refractivity (Wildman–Crippen MR) is 56.4 cm³/mol. The fourth-order valence-corrected chi connectivity index (χ4v) is 1.73. The van der Waals surface area contributed by atoms with Gasteiger partial charge < -0.3 is 20.7 Å². The molecule has 1 atom stereocenters. The van der Waals surface area contributed by atoms with Crippen LogP contribution in [0.5, 0.6) is 11.5 Å². The van der Waals surface area contributed by atoms with Crippen LogP contribution in [0, 0.1) is 0 Å². The zero-order valence-electron chi connectivity index (χ0n) is 7.70. The topological polar surface area (TPSA) is 75.7 Å². The van der Waals surface area contributed by atoms with Crippen molar-refractivity contribution in [3.05, 3.63) is 22.2 Å². The summed E-state index contributed by atoms with van der Waals surface area (Å²) in [5.74, 6) is 0.375. The molecular weight excluding hydrogens is 250 g/mol. The van der Waals surface area contributed by atoms with Crippen LogP contribution < -0.4 is 10.5 Å². The molecule has 0 saturated carbocycles. The van der Waals surface area contributed by atoms with Crippen molar-refractivity contribution in [2.75, 3.05) is 13.7 Å². The molecule has 0 aromatic heterocycles. The van der Waals surface area contributed by atoms with Gasteiger partial charge in [0.05, 0.1) is 19.8 Å². The summed E-state index contributed by atoms with van der Waals surface area (Å²) >= 11 is 3.25. The second-order valence-electron chi connectivity index (χ2n) is 2.83. The van der Waals surface area contributed by atoms with Gasteiger partial charge in [0.1, 0.15) is 0 Å². The summed E-state index contributed by atoms with van der Waals surface area (Å²) in [6, 6.07) is 2.60. The summed E-state index contributed by atoms with van der Waals surface area (Å²) in [6.07, 6.45) is 0. The maximum absolute atomic E-state index is 9.41. The summed E-state index contributed by atoms with van der Waals surface area (Å²) in [5, 5.41) is 18.3. The van der Waals surface area contributed by atoms with Crippen molar-refractivity contribution in [2.45, 2.75) is 6.04 Å². The molecule has 0 fully saturated rings. The van der Waals surface area contributed by atoms with Gasteiger partial charge in [-0.1, -0.05) is 15.9 Å². The van der Waals surface area contributed by atoms with E-state index in [9.17, 15) is 5.11 Å². The van der Waals surface area contributed by atoms with E-state index in [0.29, 0.717) is 15.8 Å². The van der Waals surface area contributed by atoms with E-state index < -0.39 is 6.04 Å². The third-order valence-corrected chi connectivity index (χ3v) is 2.58. The second kappa shape index (κ2) is 4.63. The summed E-state index contributed by atoms with van der Waals surface area (Å²) in [5.41, 5.74) is 6.35. The summed E-state index contributed by atoms with van der Waals surface area (Å²) in [6.45, 7) is -0.160. The highest BCUT2D eigenvalue weighted by molar-refractivity contribution is 9.10. The van der Waals surface area contributed by atoms with Crippen molar-refractivity contribution in [2.24, 2.45) is 5.73 Å². The zero-order valence-corrected chi connectivity index (χ0v) is 9.28. The summed E-state index contributed by atoms with van der Waals surface area (Å²) in [7, 11) is 1.46. The largest absolute Gasteiger partial charge is 0.504 e. The average Bonchev–Trinajstić information content (AvgIpc) is 2.17. The molecule has 78 valence electrons. The fraction of sp³-hybridized carbons (Fsp3) is 0.333. The van der Waals surface area contributed by atoms with Crippen molar-refractivity contribution in [1.29, 1.82) is 0 Å². The lowest BCUT2D eigenvalue weighted by atomic mass is 10.1. The monoisotopic (exact) mass is 261 g/mol. The van der Waals surface area contributed by atoms with E-state index in [0.717, 1.165) is 0 Å². The predicted octanol–water partition coefficient (Wildman–Crippen LogP) is 1.16. The number of hydrogen-bond acceptors (Lipinski definition) is 4. The van der Waals surface area contributed by atoms with Crippen molar-refractivity contribution in [1.82, 2.24) is 0 Å². The van der Waals surface area contributed by atoms with Crippen LogP contribution in [0.3, 0.4) is 0 Å². The lowest BCUT2D eigenvalue weighted by Crippen LogP contribution is -2.15. The van der Waals surface area contributed by atoms with Crippen LogP contribution in [-0.4, -0.2) is 23.9 Å². The van der Waals surface area contributed by atoms with E-state index in [1.165, 1.54) is 13.2 Å². The molecule has 0 bridgehead atoms. The lowest BCUT2D eigenvalue weighted by Gasteiger charge is -2.13. The number of benzene rings is 1. The van der Waals surface area contributed by atoms with E-state index in [2.05, 4.69) is 15.9 Å². The van der Waals surface area contributed by atoms with Crippen molar-refractivity contribution < 1.29 is 14.9 Å². The Balaban J connectivity index is 3.17. The van der Waals surface area contributed by atoms with Crippen LogP contribution in [0.25, 0.3) is 0 Å². The number of halogens is 1. The number of phenols is 1. The third kappa shape index (κ3) is 2.17. The number of ether oxygens (including phenoxy) is 1. The van der Waals surface area contributed by atoms with Crippen molar-refractivity contribution >= 4 is 15.9 Å². The Morgan fingerprint density at radius 3 is 2.71 bits per heavy atom. The molecule has 1 aromatic carbocycles. The minimum absolute atomic E-state index is 0.0354. The standard InChI is InChI=1S/C9H12BrNO3/c1-14-9-2-5(7(11)4-12)6(10)3-8(9)13/h2-3,7,12-13H,4,11H2,1H3/t7-/m0/s1. The van der Waals surface area contributed by atoms with E-state index in [-0.39, 0.29) is 12.4 Å². The highest BCUT2D eigenvalue weighted by atomic mass is 79.9. The summed E-state index contributed by atoms with van der Waals surface area (Å²) in [4.78, 5) is 0. The lowest BCUT2D eigenvalue weighted by molar-refractivity contribution is 0.267. The Morgan fingerprint density at radius 1 is 1.57 bits per heavy atom. The molecule has 0 spiro atoms. The van der Waals surface area contributed by atoms with Crippen molar-refractivity contribution in [3.63, 3.8) is 0 Å². The van der Waals surface area contributed by atoms with Gasteiger partial charge in [0.2, 0.25) is 0 Å². The third-order valence-electron chi connectivity index (χ3n) is 1.89. The molecule has 0 radical (unpaired) electrons. The van der Waals surface area contributed by atoms with Gasteiger partial charge in [-0.05, 0) is 17.7 Å². The highest BCUT2D eigenvalue weighted by Crippen LogP contribution is 2.34. The molecule has 0 unspecified atom stereocenters. The van der Waals surface area contributed by atoms with Gasteiger partial charge in [-0.3, -0.25) is 0 Å². The van der Waals surface area contributed by atoms with Crippen LogP contribution in [0.2, 0.25) is 0 Å². The van der Waals surface area contributed by atoms with Gasteiger partial charge in [-0.2, -0.15) is 0 Å². The molecule has 5 heteroatoms. The number of rotatable bonds is 3. The molecule has 0 aliphatic carbocycles. The maximum atomic E-state index is 9.41. The number of aliphatic hydroxyl groups is 1. The first kappa shape index (κ1) is 11.3. The number of methoxy groups -OCH3 is 1. The first-order valence-corrected chi connectivity index (χ1v) is 4.82. The van der Waals surface area contributed by atoms with Crippen LogP contribution in [0.4, 0.5) is 0 Å². The Kier molecular flexibility index (Phi) is 3.74. The Hall–Kier alpha value is -0.780. The van der Waals surface area contributed by atoms with Gasteiger partial charge >= 0.3 is 0 Å². The van der Waals surface area contributed by atoms with Crippen LogP contribution in [0.1, 0.15) is 11.6 Å². The van der Waals surface area contributed by atoms with Gasteiger partial charge in [0.25, 0.3) is 0 Å². The second-order valence-corrected chi connectivity index (χ2v) is 3.69. The number of aliphatic hydroxyl groups excluding tert-OH is 1. The minimum Gasteiger partial charge on any atom is -0.504 e. The molecule has 1 rings (SSSR count).